The molecule has 0 aliphatic rings. The van der Waals surface area contributed by atoms with E-state index < -0.39 is 0 Å². The van der Waals surface area contributed by atoms with Gasteiger partial charge in [0.15, 0.2) is 0 Å². The van der Waals surface area contributed by atoms with Crippen molar-refractivity contribution in [2.75, 3.05) is 20.2 Å². The van der Waals surface area contributed by atoms with Crippen molar-refractivity contribution in [3.63, 3.8) is 0 Å². The van der Waals surface area contributed by atoms with Crippen molar-refractivity contribution in [2.24, 2.45) is 0 Å². The summed E-state index contributed by atoms with van der Waals surface area (Å²) in [4.78, 5) is 15.9. The number of nitrogens with one attached hydrogen (secondary N) is 1. The minimum Gasteiger partial charge on any atom is -0.472 e. The van der Waals surface area contributed by atoms with Crippen molar-refractivity contribution >= 4 is 0 Å². The highest BCUT2D eigenvalue weighted by atomic mass is 16.5. The van der Waals surface area contributed by atoms with E-state index in [9.17, 15) is 4.79 Å². The molecule has 1 aromatic rings. The van der Waals surface area contributed by atoms with Gasteiger partial charge in [-0.2, -0.15) is 0 Å². The summed E-state index contributed by atoms with van der Waals surface area (Å²) in [6, 6.07) is 0. The highest BCUT2D eigenvalue weighted by Gasteiger charge is 2.17. The molecule has 1 rings (SSSR count). The number of rotatable bonds is 4. The Balaban J connectivity index is 2.92. The smallest absolute Gasteiger partial charge is 0.313 e. The molecule has 16 heavy (non-hydrogen) atoms. The Bertz CT molecular complexity index is 393. The second kappa shape index (κ2) is 5.12. The molecule has 1 N–H and O–H groups in total. The summed E-state index contributed by atoms with van der Waals surface area (Å²) in [5.41, 5.74) is -0.452. The van der Waals surface area contributed by atoms with Crippen molar-refractivity contribution in [3.8, 4) is 5.88 Å². The van der Waals surface area contributed by atoms with Crippen molar-refractivity contribution < 1.29 is 4.74 Å². The average Bonchev–Trinajstić information content (AvgIpc) is 2.19. The molecular weight excluding hydrogens is 206 g/mol. The molecule has 0 aliphatic carbocycles. The number of hydrogen-bond donors (Lipinski definition) is 1. The van der Waals surface area contributed by atoms with Crippen LogP contribution in [0.15, 0.2) is 17.2 Å². The van der Waals surface area contributed by atoms with Crippen LogP contribution >= 0.6 is 0 Å². The topological polar surface area (TPSA) is 56.1 Å². The first kappa shape index (κ1) is 12.7. The fourth-order valence-electron chi connectivity index (χ4n) is 1.27. The van der Waals surface area contributed by atoms with E-state index in [1.54, 1.807) is 17.0 Å². The van der Waals surface area contributed by atoms with Crippen molar-refractivity contribution in [3.05, 3.63) is 22.7 Å². The zero-order chi connectivity index (χ0) is 12.2. The monoisotopic (exact) mass is 225 g/mol. The third-order valence-corrected chi connectivity index (χ3v) is 2.12. The van der Waals surface area contributed by atoms with Crippen LogP contribution in [0, 0.1) is 0 Å². The van der Waals surface area contributed by atoms with Crippen molar-refractivity contribution in [2.45, 2.75) is 26.3 Å². The summed E-state index contributed by atoms with van der Waals surface area (Å²) in [7, 11) is 1.83. The van der Waals surface area contributed by atoms with Crippen LogP contribution in [0.1, 0.15) is 20.8 Å². The second-order valence-electron chi connectivity index (χ2n) is 4.53. The molecule has 90 valence electrons. The molecule has 0 radical (unpaired) electrons. The molecule has 0 spiro atoms. The van der Waals surface area contributed by atoms with Gasteiger partial charge in [-0.05, 0) is 27.8 Å². The molecule has 0 fully saturated rings. The number of likely N-dealkylation sites (N-methyl/N-ethyl adjacent to an activating group) is 1. The molecule has 5 nitrogen and oxygen atoms in total. The molecule has 5 heteroatoms. The van der Waals surface area contributed by atoms with E-state index in [1.807, 2.05) is 27.8 Å². The van der Waals surface area contributed by atoms with Crippen LogP contribution < -0.4 is 15.6 Å². The quantitative estimate of drug-likeness (QED) is 0.762. The van der Waals surface area contributed by atoms with E-state index in [0.29, 0.717) is 13.2 Å². The Morgan fingerprint density at radius 1 is 1.50 bits per heavy atom. The van der Waals surface area contributed by atoms with Gasteiger partial charge in [0.25, 0.3) is 5.88 Å². The molecule has 0 bridgehead atoms. The molecule has 1 heterocycles. The van der Waals surface area contributed by atoms with Gasteiger partial charge in [-0.25, -0.2) is 4.98 Å². The van der Waals surface area contributed by atoms with Crippen LogP contribution in [-0.2, 0) is 5.54 Å². The first-order valence-electron chi connectivity index (χ1n) is 5.32. The molecule has 0 amide bonds. The number of hydrogen-bond acceptors (Lipinski definition) is 4. The lowest BCUT2D eigenvalue weighted by Gasteiger charge is -2.22. The van der Waals surface area contributed by atoms with Crippen LogP contribution in [0.3, 0.4) is 0 Å². The van der Waals surface area contributed by atoms with Gasteiger partial charge in [-0.3, -0.25) is 4.79 Å². The maximum Gasteiger partial charge on any atom is 0.313 e. The first-order valence-corrected chi connectivity index (χ1v) is 5.32. The third-order valence-electron chi connectivity index (χ3n) is 2.12. The molecule has 1 aromatic heterocycles. The highest BCUT2D eigenvalue weighted by molar-refractivity contribution is 5.06. The number of aromatic nitrogens is 2. The van der Waals surface area contributed by atoms with Crippen LogP contribution in [0.2, 0.25) is 0 Å². The SMILES string of the molecule is CNCCOc1nccn(C(C)(C)C)c1=O. The Kier molecular flexibility index (Phi) is 4.06. The first-order chi connectivity index (χ1) is 7.46. The predicted octanol–water partition coefficient (Wildman–Crippen LogP) is 0.596. The van der Waals surface area contributed by atoms with Gasteiger partial charge < -0.3 is 14.6 Å². The van der Waals surface area contributed by atoms with Crippen molar-refractivity contribution in [1.82, 2.24) is 14.9 Å². The Hall–Kier alpha value is -1.36. The van der Waals surface area contributed by atoms with Gasteiger partial charge in [0, 0.05) is 24.5 Å². The van der Waals surface area contributed by atoms with Gasteiger partial charge in [0.2, 0.25) is 0 Å². The minimum absolute atomic E-state index is 0.160. The van der Waals surface area contributed by atoms with Gasteiger partial charge in [0.05, 0.1) is 0 Å². The lowest BCUT2D eigenvalue weighted by molar-refractivity contribution is 0.288. The molecule has 0 unspecified atom stereocenters. The van der Waals surface area contributed by atoms with E-state index in [4.69, 9.17) is 4.74 Å². The second-order valence-corrected chi connectivity index (χ2v) is 4.53. The predicted molar refractivity (Wildman–Crippen MR) is 62.9 cm³/mol. The number of ether oxygens (including phenoxy) is 1. The zero-order valence-corrected chi connectivity index (χ0v) is 10.3. The summed E-state index contributed by atoms with van der Waals surface area (Å²) in [5.74, 6) is 0.160. The van der Waals surface area contributed by atoms with Crippen LogP contribution in [0.4, 0.5) is 0 Å². The lowest BCUT2D eigenvalue weighted by atomic mass is 10.1. The molecule has 0 aliphatic heterocycles. The van der Waals surface area contributed by atoms with Crippen LogP contribution in [-0.4, -0.2) is 29.8 Å². The molecular formula is C11H19N3O2. The fraction of sp³-hybridized carbons (Fsp3) is 0.636. The van der Waals surface area contributed by atoms with Gasteiger partial charge in [0.1, 0.15) is 6.61 Å². The van der Waals surface area contributed by atoms with E-state index in [1.165, 1.54) is 0 Å². The Morgan fingerprint density at radius 3 is 2.75 bits per heavy atom. The van der Waals surface area contributed by atoms with Gasteiger partial charge in [-0.15, -0.1) is 0 Å². The van der Waals surface area contributed by atoms with Gasteiger partial charge in [-0.1, -0.05) is 0 Å². The summed E-state index contributed by atoms with van der Waals surface area (Å²) in [6.07, 6.45) is 3.26. The van der Waals surface area contributed by atoms with Crippen LogP contribution in [0.25, 0.3) is 0 Å². The average molecular weight is 225 g/mol. The van der Waals surface area contributed by atoms with E-state index in [-0.39, 0.29) is 17.0 Å². The largest absolute Gasteiger partial charge is 0.472 e. The minimum atomic E-state index is -0.263. The Morgan fingerprint density at radius 2 is 2.19 bits per heavy atom. The fourth-order valence-corrected chi connectivity index (χ4v) is 1.27. The summed E-state index contributed by atoms with van der Waals surface area (Å²) < 4.78 is 6.93. The van der Waals surface area contributed by atoms with Crippen molar-refractivity contribution in [1.29, 1.82) is 0 Å². The van der Waals surface area contributed by atoms with Crippen LogP contribution in [0.5, 0.6) is 5.88 Å². The summed E-state index contributed by atoms with van der Waals surface area (Å²) >= 11 is 0. The van der Waals surface area contributed by atoms with Gasteiger partial charge >= 0.3 is 5.56 Å². The summed E-state index contributed by atoms with van der Waals surface area (Å²) in [6.45, 7) is 7.02. The molecule has 0 saturated heterocycles. The lowest BCUT2D eigenvalue weighted by Crippen LogP contribution is -2.34. The number of nitrogens with zero attached hydrogens (tertiary/aromatic N) is 2. The zero-order valence-electron chi connectivity index (χ0n) is 10.3. The summed E-state index contributed by atoms with van der Waals surface area (Å²) in [5, 5.41) is 2.94. The van der Waals surface area contributed by atoms with E-state index >= 15 is 0 Å². The Labute approximate surface area is 95.5 Å². The highest BCUT2D eigenvalue weighted by Crippen LogP contribution is 2.11. The molecule has 0 aromatic carbocycles. The standard InChI is InChI=1S/C11H19N3O2/c1-11(2,3)14-7-5-13-9(10(14)15)16-8-6-12-4/h5,7,12H,6,8H2,1-4H3. The van der Waals surface area contributed by atoms with E-state index in [2.05, 4.69) is 10.3 Å². The molecule has 0 saturated carbocycles. The third kappa shape index (κ3) is 3.06. The molecule has 0 atom stereocenters. The maximum absolute atomic E-state index is 12.0. The normalized spacial score (nSPS) is 11.5. The maximum atomic E-state index is 12.0. The van der Waals surface area contributed by atoms with E-state index in [0.717, 1.165) is 0 Å².